The van der Waals surface area contributed by atoms with E-state index in [0.29, 0.717) is 24.4 Å². The van der Waals surface area contributed by atoms with Crippen LogP contribution in [0.15, 0.2) is 22.8 Å². The van der Waals surface area contributed by atoms with Crippen LogP contribution in [0.3, 0.4) is 0 Å². The number of piperidine rings is 1. The largest absolute Gasteiger partial charge is 0.469 e. The zero-order chi connectivity index (χ0) is 14.4. The molecule has 0 bridgehead atoms. The lowest BCUT2D eigenvalue weighted by Gasteiger charge is -2.31. The lowest BCUT2D eigenvalue weighted by Crippen LogP contribution is -2.46. The predicted octanol–water partition coefficient (Wildman–Crippen LogP) is 1.08. The molecule has 0 aliphatic carbocycles. The first-order chi connectivity index (χ1) is 9.63. The van der Waals surface area contributed by atoms with Crippen molar-refractivity contribution >= 4 is 23.1 Å². The molecule has 3 N–H and O–H groups in total. The Morgan fingerprint density at radius 3 is 2.85 bits per heavy atom. The second kappa shape index (κ2) is 7.40. The van der Waals surface area contributed by atoms with E-state index in [9.17, 15) is 4.79 Å². The molecule has 1 amide bonds. The highest BCUT2D eigenvalue weighted by molar-refractivity contribution is 7.80. The van der Waals surface area contributed by atoms with Gasteiger partial charge in [-0.25, -0.2) is 0 Å². The molecule has 1 aliphatic rings. The van der Waals surface area contributed by atoms with Crippen molar-refractivity contribution in [3.05, 3.63) is 24.2 Å². The van der Waals surface area contributed by atoms with Gasteiger partial charge in [-0.1, -0.05) is 12.2 Å². The van der Waals surface area contributed by atoms with E-state index in [2.05, 4.69) is 10.2 Å². The third kappa shape index (κ3) is 4.94. The van der Waals surface area contributed by atoms with E-state index in [1.807, 2.05) is 12.1 Å². The summed E-state index contributed by atoms with van der Waals surface area (Å²) < 4.78 is 5.21. The molecular formula is C14H21N3O2S. The van der Waals surface area contributed by atoms with Gasteiger partial charge in [-0.3, -0.25) is 9.69 Å². The minimum absolute atomic E-state index is 0.0918. The molecule has 20 heavy (non-hydrogen) atoms. The summed E-state index contributed by atoms with van der Waals surface area (Å²) in [6.07, 6.45) is 4.66. The number of aryl methyl sites for hydroxylation is 1. The van der Waals surface area contributed by atoms with E-state index in [-0.39, 0.29) is 11.9 Å². The van der Waals surface area contributed by atoms with Crippen LogP contribution in [0, 0.1) is 0 Å². The van der Waals surface area contributed by atoms with Gasteiger partial charge in [0.15, 0.2) is 0 Å². The third-order valence-corrected chi connectivity index (χ3v) is 3.64. The Morgan fingerprint density at radius 2 is 2.25 bits per heavy atom. The number of thiocarbonyl (C=S) groups is 1. The molecule has 2 rings (SSSR count). The first kappa shape index (κ1) is 15.0. The number of nitrogens with one attached hydrogen (secondary N) is 1. The summed E-state index contributed by atoms with van der Waals surface area (Å²) in [7, 11) is 0. The number of nitrogens with zero attached hydrogens (tertiary/aromatic N) is 1. The SMILES string of the molecule is NC(=S)CN1CCC(NC(=O)CCc2ccco2)CC1. The van der Waals surface area contributed by atoms with Gasteiger partial charge in [0.05, 0.1) is 11.3 Å². The molecule has 0 radical (unpaired) electrons. The summed E-state index contributed by atoms with van der Waals surface area (Å²) in [6, 6.07) is 3.99. The van der Waals surface area contributed by atoms with Crippen LogP contribution in [-0.4, -0.2) is 41.5 Å². The summed E-state index contributed by atoms with van der Waals surface area (Å²) in [5, 5.41) is 3.08. The zero-order valence-electron chi connectivity index (χ0n) is 11.5. The van der Waals surface area contributed by atoms with Gasteiger partial charge in [-0.05, 0) is 25.0 Å². The van der Waals surface area contributed by atoms with Gasteiger partial charge in [0.2, 0.25) is 5.91 Å². The van der Waals surface area contributed by atoms with Crippen molar-refractivity contribution in [3.8, 4) is 0 Å². The molecule has 1 fully saturated rings. The first-order valence-corrected chi connectivity index (χ1v) is 7.36. The van der Waals surface area contributed by atoms with Crippen molar-refractivity contribution in [1.29, 1.82) is 0 Å². The van der Waals surface area contributed by atoms with Crippen LogP contribution in [0.5, 0.6) is 0 Å². The second-order valence-corrected chi connectivity index (χ2v) is 5.69. The maximum Gasteiger partial charge on any atom is 0.220 e. The fourth-order valence-electron chi connectivity index (χ4n) is 2.45. The Morgan fingerprint density at radius 1 is 1.50 bits per heavy atom. The highest BCUT2D eigenvalue weighted by Crippen LogP contribution is 2.10. The van der Waals surface area contributed by atoms with Crippen LogP contribution in [0.4, 0.5) is 0 Å². The molecule has 0 spiro atoms. The Kier molecular flexibility index (Phi) is 5.55. The maximum absolute atomic E-state index is 11.9. The average molecular weight is 295 g/mol. The first-order valence-electron chi connectivity index (χ1n) is 6.96. The molecule has 1 saturated heterocycles. The number of nitrogens with two attached hydrogens (primary N) is 1. The minimum Gasteiger partial charge on any atom is -0.469 e. The van der Waals surface area contributed by atoms with Gasteiger partial charge < -0.3 is 15.5 Å². The number of hydrogen-bond acceptors (Lipinski definition) is 4. The van der Waals surface area contributed by atoms with Crippen molar-refractivity contribution in [2.45, 2.75) is 31.7 Å². The van der Waals surface area contributed by atoms with Crippen LogP contribution < -0.4 is 11.1 Å². The molecule has 0 aromatic carbocycles. The van der Waals surface area contributed by atoms with E-state index in [1.165, 1.54) is 0 Å². The van der Waals surface area contributed by atoms with E-state index < -0.39 is 0 Å². The summed E-state index contributed by atoms with van der Waals surface area (Å²) >= 11 is 4.91. The number of hydrogen-bond donors (Lipinski definition) is 2. The molecule has 0 unspecified atom stereocenters. The molecule has 0 atom stereocenters. The van der Waals surface area contributed by atoms with E-state index in [0.717, 1.165) is 31.7 Å². The summed E-state index contributed by atoms with van der Waals surface area (Å²) in [5.41, 5.74) is 5.54. The lowest BCUT2D eigenvalue weighted by atomic mass is 10.0. The fourth-order valence-corrected chi connectivity index (χ4v) is 2.63. The summed E-state index contributed by atoms with van der Waals surface area (Å²) in [4.78, 5) is 14.6. The summed E-state index contributed by atoms with van der Waals surface area (Å²) in [5.74, 6) is 0.945. The van der Waals surface area contributed by atoms with E-state index >= 15 is 0 Å². The van der Waals surface area contributed by atoms with Crippen LogP contribution in [0.25, 0.3) is 0 Å². The maximum atomic E-state index is 11.9. The van der Waals surface area contributed by atoms with Gasteiger partial charge in [-0.2, -0.15) is 0 Å². The highest BCUT2D eigenvalue weighted by Gasteiger charge is 2.20. The van der Waals surface area contributed by atoms with E-state index in [1.54, 1.807) is 6.26 Å². The van der Waals surface area contributed by atoms with Crippen molar-refractivity contribution in [2.24, 2.45) is 5.73 Å². The molecule has 5 nitrogen and oxygen atoms in total. The van der Waals surface area contributed by atoms with Gasteiger partial charge in [0, 0.05) is 38.5 Å². The third-order valence-electron chi connectivity index (χ3n) is 3.51. The van der Waals surface area contributed by atoms with Crippen molar-refractivity contribution in [1.82, 2.24) is 10.2 Å². The molecule has 1 aromatic rings. The van der Waals surface area contributed by atoms with Gasteiger partial charge >= 0.3 is 0 Å². The minimum atomic E-state index is 0.0918. The standard InChI is InChI=1S/C14H21N3O2S/c15-13(20)10-17-7-5-11(6-8-17)16-14(18)4-3-12-2-1-9-19-12/h1-2,9,11H,3-8,10H2,(H2,15,20)(H,16,18). The monoisotopic (exact) mass is 295 g/mol. The average Bonchev–Trinajstić information content (AvgIpc) is 2.91. The van der Waals surface area contributed by atoms with E-state index in [4.69, 9.17) is 22.4 Å². The van der Waals surface area contributed by atoms with Gasteiger partial charge in [0.1, 0.15) is 5.76 Å². The number of carbonyl (C=O) groups is 1. The molecule has 6 heteroatoms. The molecule has 1 aliphatic heterocycles. The molecule has 2 heterocycles. The van der Waals surface area contributed by atoms with Crippen LogP contribution >= 0.6 is 12.2 Å². The molecule has 0 saturated carbocycles. The Bertz CT molecular complexity index is 439. The Labute approximate surface area is 124 Å². The second-order valence-electron chi connectivity index (χ2n) is 5.16. The highest BCUT2D eigenvalue weighted by atomic mass is 32.1. The smallest absolute Gasteiger partial charge is 0.220 e. The lowest BCUT2D eigenvalue weighted by molar-refractivity contribution is -0.122. The molecule has 1 aromatic heterocycles. The predicted molar refractivity (Wildman–Crippen MR) is 81.4 cm³/mol. The number of amides is 1. The Balaban J connectivity index is 1.64. The fraction of sp³-hybridized carbons (Fsp3) is 0.571. The molecule has 110 valence electrons. The topological polar surface area (TPSA) is 71.5 Å². The number of carbonyl (C=O) groups excluding carboxylic acids is 1. The zero-order valence-corrected chi connectivity index (χ0v) is 12.3. The Hall–Kier alpha value is -1.40. The van der Waals surface area contributed by atoms with Crippen LogP contribution in [0.2, 0.25) is 0 Å². The van der Waals surface area contributed by atoms with Crippen molar-refractivity contribution in [3.63, 3.8) is 0 Å². The number of likely N-dealkylation sites (tertiary alicyclic amines) is 1. The van der Waals surface area contributed by atoms with Gasteiger partial charge in [0.25, 0.3) is 0 Å². The molecular weight excluding hydrogens is 274 g/mol. The van der Waals surface area contributed by atoms with Crippen molar-refractivity contribution < 1.29 is 9.21 Å². The van der Waals surface area contributed by atoms with Crippen LogP contribution in [0.1, 0.15) is 25.0 Å². The number of furan rings is 1. The number of rotatable bonds is 6. The van der Waals surface area contributed by atoms with Gasteiger partial charge in [-0.15, -0.1) is 0 Å². The normalized spacial score (nSPS) is 17.0. The quantitative estimate of drug-likeness (QED) is 0.768. The van der Waals surface area contributed by atoms with Crippen molar-refractivity contribution in [2.75, 3.05) is 19.6 Å². The van der Waals surface area contributed by atoms with Crippen LogP contribution in [-0.2, 0) is 11.2 Å². The summed E-state index contributed by atoms with van der Waals surface area (Å²) in [6.45, 7) is 2.54.